The van der Waals surface area contributed by atoms with E-state index in [1.165, 1.54) is 0 Å². The summed E-state index contributed by atoms with van der Waals surface area (Å²) in [6.07, 6.45) is 1.01. The second-order valence-electron chi connectivity index (χ2n) is 12.3. The number of primary amides is 1. The first-order valence-electron chi connectivity index (χ1n) is 16.9. The standard InChI is InChI=1S/C42H42N2O6/c43-39(45)28-36(27-32-23-24-33-16-7-8-18-35(33)26-32)50-42(48)38(20-11-21-40(46)49-29-31-14-5-2-6-15-31)44-41(47)37-19-10-9-17-34(37)25-22-30-12-3-1-4-13-30/h1-10,12-19,23-24,26,36,38H,11,20-22,25,27-29H2,(H2,43,45)(H,44,47)/t36-,38-/m0/s1. The summed E-state index contributed by atoms with van der Waals surface area (Å²) in [7, 11) is 0. The monoisotopic (exact) mass is 670 g/mol. The lowest BCUT2D eigenvalue weighted by atomic mass is 9.99. The Morgan fingerprint density at radius 1 is 0.680 bits per heavy atom. The first-order valence-corrected chi connectivity index (χ1v) is 16.9. The maximum atomic E-state index is 13.8. The molecule has 0 aromatic heterocycles. The maximum Gasteiger partial charge on any atom is 0.328 e. The van der Waals surface area contributed by atoms with Crippen molar-refractivity contribution in [3.05, 3.63) is 155 Å². The van der Waals surface area contributed by atoms with E-state index in [0.29, 0.717) is 12.0 Å². The zero-order chi connectivity index (χ0) is 35.1. The van der Waals surface area contributed by atoms with Crippen LogP contribution in [0.3, 0.4) is 0 Å². The highest BCUT2D eigenvalue weighted by molar-refractivity contribution is 5.98. The highest BCUT2D eigenvalue weighted by Gasteiger charge is 2.28. The summed E-state index contributed by atoms with van der Waals surface area (Å²) in [6, 6.07) is 39.4. The van der Waals surface area contributed by atoms with Gasteiger partial charge in [-0.3, -0.25) is 14.4 Å². The van der Waals surface area contributed by atoms with Gasteiger partial charge in [-0.05, 0) is 64.8 Å². The summed E-state index contributed by atoms with van der Waals surface area (Å²) in [5.41, 5.74) is 9.75. The maximum absolute atomic E-state index is 13.8. The van der Waals surface area contributed by atoms with Crippen LogP contribution in [0.4, 0.5) is 0 Å². The summed E-state index contributed by atoms with van der Waals surface area (Å²) >= 11 is 0. The molecule has 8 heteroatoms. The number of esters is 2. The third kappa shape index (κ3) is 10.9. The van der Waals surface area contributed by atoms with Crippen molar-refractivity contribution >= 4 is 34.5 Å². The second kappa shape index (κ2) is 18.1. The molecule has 5 aromatic rings. The molecular weight excluding hydrogens is 628 g/mol. The molecule has 50 heavy (non-hydrogen) atoms. The van der Waals surface area contributed by atoms with E-state index in [-0.39, 0.29) is 38.7 Å². The van der Waals surface area contributed by atoms with Crippen LogP contribution in [0.15, 0.2) is 127 Å². The van der Waals surface area contributed by atoms with Gasteiger partial charge in [0.2, 0.25) is 5.91 Å². The van der Waals surface area contributed by atoms with Crippen molar-refractivity contribution in [1.82, 2.24) is 5.32 Å². The Labute approximate surface area is 292 Å². The Hall–Kier alpha value is -5.76. The number of rotatable bonds is 17. The van der Waals surface area contributed by atoms with Gasteiger partial charge in [0.25, 0.3) is 5.91 Å². The average Bonchev–Trinajstić information content (AvgIpc) is 3.13. The number of nitrogens with two attached hydrogens (primary N) is 1. The number of carbonyl (C=O) groups excluding carboxylic acids is 4. The quantitative estimate of drug-likeness (QED) is 0.107. The number of fused-ring (bicyclic) bond motifs is 1. The molecule has 8 nitrogen and oxygen atoms in total. The van der Waals surface area contributed by atoms with E-state index in [9.17, 15) is 19.2 Å². The molecule has 0 spiro atoms. The minimum Gasteiger partial charge on any atom is -0.461 e. The number of aryl methyl sites for hydroxylation is 2. The molecule has 3 N–H and O–H groups in total. The van der Waals surface area contributed by atoms with Crippen LogP contribution in [0.2, 0.25) is 0 Å². The van der Waals surface area contributed by atoms with Crippen LogP contribution in [-0.4, -0.2) is 35.9 Å². The summed E-state index contributed by atoms with van der Waals surface area (Å²) < 4.78 is 11.3. The lowest BCUT2D eigenvalue weighted by Gasteiger charge is -2.23. The van der Waals surface area contributed by atoms with Crippen LogP contribution < -0.4 is 11.1 Å². The summed E-state index contributed by atoms with van der Waals surface area (Å²) in [5, 5.41) is 4.95. The number of amides is 2. The minimum atomic E-state index is -1.08. The number of carbonyl (C=O) groups is 4. The molecule has 0 fully saturated rings. The van der Waals surface area contributed by atoms with E-state index in [4.69, 9.17) is 15.2 Å². The molecule has 0 bridgehead atoms. The van der Waals surface area contributed by atoms with Gasteiger partial charge < -0.3 is 20.5 Å². The van der Waals surface area contributed by atoms with Crippen LogP contribution in [0, 0.1) is 0 Å². The fraction of sp³-hybridized carbons (Fsp3) is 0.238. The summed E-state index contributed by atoms with van der Waals surface area (Å²) in [5.74, 6) is -2.16. The van der Waals surface area contributed by atoms with E-state index >= 15 is 0 Å². The van der Waals surface area contributed by atoms with Crippen molar-refractivity contribution < 1.29 is 28.7 Å². The predicted octanol–water partition coefficient (Wildman–Crippen LogP) is 6.67. The van der Waals surface area contributed by atoms with Crippen molar-refractivity contribution in [3.8, 4) is 0 Å². The molecule has 2 atom stereocenters. The van der Waals surface area contributed by atoms with Gasteiger partial charge in [0.05, 0.1) is 6.42 Å². The summed E-state index contributed by atoms with van der Waals surface area (Å²) in [6.45, 7) is 0.144. The average molecular weight is 671 g/mol. The van der Waals surface area contributed by atoms with Gasteiger partial charge in [0, 0.05) is 18.4 Å². The number of ether oxygens (including phenoxy) is 2. The van der Waals surface area contributed by atoms with Gasteiger partial charge in [-0.1, -0.05) is 121 Å². The number of nitrogens with one attached hydrogen (secondary N) is 1. The first-order chi connectivity index (χ1) is 24.3. The Balaban J connectivity index is 1.29. The van der Waals surface area contributed by atoms with Gasteiger partial charge in [0.1, 0.15) is 18.8 Å². The number of hydrogen-bond acceptors (Lipinski definition) is 6. The Bertz CT molecular complexity index is 1890. The van der Waals surface area contributed by atoms with E-state index in [2.05, 4.69) is 5.32 Å². The molecule has 0 aliphatic heterocycles. The molecule has 0 aliphatic rings. The van der Waals surface area contributed by atoms with E-state index in [1.807, 2.05) is 115 Å². The Morgan fingerprint density at radius 3 is 2.08 bits per heavy atom. The lowest BCUT2D eigenvalue weighted by molar-refractivity contribution is -0.153. The van der Waals surface area contributed by atoms with Crippen LogP contribution >= 0.6 is 0 Å². The topological polar surface area (TPSA) is 125 Å². The van der Waals surface area contributed by atoms with Gasteiger partial charge in [-0.2, -0.15) is 0 Å². The van der Waals surface area contributed by atoms with Gasteiger partial charge in [-0.15, -0.1) is 0 Å². The van der Waals surface area contributed by atoms with Gasteiger partial charge in [-0.25, -0.2) is 4.79 Å². The highest BCUT2D eigenvalue weighted by Crippen LogP contribution is 2.20. The molecule has 0 unspecified atom stereocenters. The van der Waals surface area contributed by atoms with Crippen LogP contribution in [-0.2, 0) is 49.7 Å². The molecule has 0 aliphatic carbocycles. The van der Waals surface area contributed by atoms with Crippen molar-refractivity contribution in [2.45, 2.75) is 63.7 Å². The molecular formula is C42H42N2O6. The molecule has 0 saturated heterocycles. The minimum absolute atomic E-state index is 0.0436. The van der Waals surface area contributed by atoms with Crippen LogP contribution in [0.25, 0.3) is 10.8 Å². The highest BCUT2D eigenvalue weighted by atomic mass is 16.5. The molecule has 2 amide bonds. The third-order valence-electron chi connectivity index (χ3n) is 8.48. The summed E-state index contributed by atoms with van der Waals surface area (Å²) in [4.78, 5) is 52.1. The molecule has 0 heterocycles. The van der Waals surface area contributed by atoms with E-state index < -0.39 is 35.9 Å². The smallest absolute Gasteiger partial charge is 0.328 e. The molecule has 5 aromatic carbocycles. The third-order valence-corrected chi connectivity index (χ3v) is 8.48. The SMILES string of the molecule is NC(=O)C[C@H](Cc1ccc2ccccc2c1)OC(=O)[C@H](CCCC(=O)OCc1ccccc1)NC(=O)c1ccccc1CCc1ccccc1. The normalized spacial score (nSPS) is 12.1. The van der Waals surface area contributed by atoms with Crippen molar-refractivity contribution in [3.63, 3.8) is 0 Å². The van der Waals surface area contributed by atoms with Crippen molar-refractivity contribution in [2.24, 2.45) is 5.73 Å². The fourth-order valence-corrected chi connectivity index (χ4v) is 5.88. The van der Waals surface area contributed by atoms with Crippen molar-refractivity contribution in [2.75, 3.05) is 0 Å². The Morgan fingerprint density at radius 2 is 1.34 bits per heavy atom. The Kier molecular flexibility index (Phi) is 12.9. The second-order valence-corrected chi connectivity index (χ2v) is 12.3. The van der Waals surface area contributed by atoms with E-state index in [1.54, 1.807) is 12.1 Å². The molecule has 5 rings (SSSR count). The first kappa shape index (κ1) is 35.5. The van der Waals surface area contributed by atoms with Crippen LogP contribution in [0.1, 0.15) is 58.3 Å². The van der Waals surface area contributed by atoms with Gasteiger partial charge >= 0.3 is 11.9 Å². The lowest BCUT2D eigenvalue weighted by Crippen LogP contribution is -2.44. The fourth-order valence-electron chi connectivity index (χ4n) is 5.88. The van der Waals surface area contributed by atoms with Crippen molar-refractivity contribution in [1.29, 1.82) is 0 Å². The molecule has 0 saturated carbocycles. The van der Waals surface area contributed by atoms with Crippen LogP contribution in [0.5, 0.6) is 0 Å². The van der Waals surface area contributed by atoms with Gasteiger partial charge in [0.15, 0.2) is 0 Å². The molecule has 0 radical (unpaired) electrons. The molecule has 256 valence electrons. The zero-order valence-electron chi connectivity index (χ0n) is 28.0. The number of hydrogen-bond donors (Lipinski definition) is 2. The van der Waals surface area contributed by atoms with E-state index in [0.717, 1.165) is 39.4 Å². The largest absolute Gasteiger partial charge is 0.461 e. The number of benzene rings is 5. The zero-order valence-corrected chi connectivity index (χ0v) is 28.0. The predicted molar refractivity (Wildman–Crippen MR) is 193 cm³/mol.